The van der Waals surface area contributed by atoms with E-state index in [0.717, 1.165) is 18.2 Å². The quantitative estimate of drug-likeness (QED) is 0.537. The lowest BCUT2D eigenvalue weighted by Crippen LogP contribution is -2.40. The predicted octanol–water partition coefficient (Wildman–Crippen LogP) is 4.75. The Kier molecular flexibility index (Phi) is 6.94. The van der Waals surface area contributed by atoms with Gasteiger partial charge in [0.2, 0.25) is 0 Å². The third-order valence-corrected chi connectivity index (χ3v) is 5.52. The van der Waals surface area contributed by atoms with Gasteiger partial charge in [0.25, 0.3) is 5.92 Å². The fraction of sp³-hybridized carbons (Fsp3) is 0.455. The van der Waals surface area contributed by atoms with Gasteiger partial charge in [-0.15, -0.1) is 0 Å². The van der Waals surface area contributed by atoms with Crippen molar-refractivity contribution >= 4 is 11.6 Å². The minimum atomic E-state index is -4.88. The maximum absolute atomic E-state index is 13.7. The number of allylic oxidation sites excluding steroid dienone is 2. The number of nitrogens with zero attached hydrogens (tertiary/aromatic N) is 1. The standard InChI is InChI=1S/C22H21F8N3O/c1-20(23,24)13-9-14(22(28,29)30)19-16(10-13)32-18(33-19)6-5-17(34)15(31)8-11-3-2-4-12(7-11)21(25,26)27/h2-4,7,9-10,15-16,19H,5-6,8,31H2,1H3,(H,32,33)/t15-,16?,19?/m1/s1. The first-order valence-corrected chi connectivity index (χ1v) is 10.2. The number of nitrogens with one attached hydrogen (secondary N) is 1. The van der Waals surface area contributed by atoms with Crippen molar-refractivity contribution in [3.05, 3.63) is 58.7 Å². The second-order valence-corrected chi connectivity index (χ2v) is 8.27. The number of carbonyl (C=O) groups excluding carboxylic acids is 1. The van der Waals surface area contributed by atoms with Gasteiger partial charge in [0.15, 0.2) is 0 Å². The van der Waals surface area contributed by atoms with Crippen molar-refractivity contribution in [3.63, 3.8) is 0 Å². The molecule has 0 saturated carbocycles. The molecule has 0 saturated heterocycles. The van der Waals surface area contributed by atoms with Gasteiger partial charge in [-0.1, -0.05) is 24.3 Å². The first-order chi connectivity index (χ1) is 15.6. The fourth-order valence-corrected chi connectivity index (χ4v) is 3.78. The number of rotatable bonds is 7. The van der Waals surface area contributed by atoms with Crippen LogP contribution in [0, 0.1) is 0 Å². The van der Waals surface area contributed by atoms with Crippen molar-refractivity contribution < 1.29 is 39.9 Å². The monoisotopic (exact) mass is 495 g/mol. The largest absolute Gasteiger partial charge is 0.416 e. The highest BCUT2D eigenvalue weighted by Crippen LogP contribution is 2.40. The molecule has 12 heteroatoms. The minimum absolute atomic E-state index is 0.0293. The van der Waals surface area contributed by atoms with Crippen LogP contribution in [0.15, 0.2) is 52.6 Å². The number of aliphatic imine (C=N–C) groups is 1. The first kappa shape index (κ1) is 25.9. The van der Waals surface area contributed by atoms with Crippen molar-refractivity contribution in [3.8, 4) is 0 Å². The van der Waals surface area contributed by atoms with Crippen LogP contribution < -0.4 is 11.1 Å². The Labute approximate surface area is 189 Å². The number of hydrogen-bond acceptors (Lipinski definition) is 4. The summed E-state index contributed by atoms with van der Waals surface area (Å²) in [4.78, 5) is 16.3. The second kappa shape index (κ2) is 9.12. The first-order valence-electron chi connectivity index (χ1n) is 10.2. The predicted molar refractivity (Wildman–Crippen MR) is 108 cm³/mol. The van der Waals surface area contributed by atoms with E-state index in [2.05, 4.69) is 10.3 Å². The number of nitrogens with two attached hydrogens (primary N) is 1. The Balaban J connectivity index is 1.65. The Morgan fingerprint density at radius 3 is 2.38 bits per heavy atom. The molecule has 186 valence electrons. The van der Waals surface area contributed by atoms with E-state index in [4.69, 9.17) is 5.73 Å². The molecule has 2 aliphatic rings. The Morgan fingerprint density at radius 1 is 1.12 bits per heavy atom. The summed E-state index contributed by atoms with van der Waals surface area (Å²) in [6.07, 6.45) is -8.57. The van der Waals surface area contributed by atoms with E-state index in [9.17, 15) is 39.9 Å². The summed E-state index contributed by atoms with van der Waals surface area (Å²) in [6, 6.07) is 0.622. The molecule has 0 radical (unpaired) electrons. The zero-order chi connectivity index (χ0) is 25.5. The van der Waals surface area contributed by atoms with E-state index in [-0.39, 0.29) is 30.7 Å². The molecule has 1 heterocycles. The fourth-order valence-electron chi connectivity index (χ4n) is 3.78. The van der Waals surface area contributed by atoms with Gasteiger partial charge in [-0.25, -0.2) is 8.78 Å². The van der Waals surface area contributed by atoms with Gasteiger partial charge in [-0.2, -0.15) is 26.3 Å². The summed E-state index contributed by atoms with van der Waals surface area (Å²) >= 11 is 0. The summed E-state index contributed by atoms with van der Waals surface area (Å²) in [5, 5.41) is 2.65. The number of Topliss-reactive ketones (excluding diaryl/α,β-unsaturated/α-hetero) is 1. The SMILES string of the molecule is CC(F)(F)C1=CC2NC(CCC(=O)[C@H](N)Cc3cccc(C(F)(F)F)c3)=NC2C(C(F)(F)F)=C1. The van der Waals surface area contributed by atoms with E-state index in [1.165, 1.54) is 12.1 Å². The number of alkyl halides is 8. The molecule has 34 heavy (non-hydrogen) atoms. The highest BCUT2D eigenvalue weighted by molar-refractivity contribution is 5.92. The highest BCUT2D eigenvalue weighted by Gasteiger charge is 2.47. The van der Waals surface area contributed by atoms with Crippen LogP contribution >= 0.6 is 0 Å². The Morgan fingerprint density at radius 2 is 1.79 bits per heavy atom. The molecule has 0 amide bonds. The molecular formula is C22H21F8N3O. The zero-order valence-corrected chi connectivity index (χ0v) is 17.8. The van der Waals surface area contributed by atoms with Crippen molar-refractivity contribution in [1.29, 1.82) is 0 Å². The zero-order valence-electron chi connectivity index (χ0n) is 17.8. The lowest BCUT2D eigenvalue weighted by atomic mass is 9.89. The van der Waals surface area contributed by atoms with E-state index in [1.54, 1.807) is 0 Å². The summed E-state index contributed by atoms with van der Waals surface area (Å²) < 4.78 is 106. The molecule has 0 bridgehead atoms. The summed E-state index contributed by atoms with van der Waals surface area (Å²) in [6.45, 7) is 0.491. The van der Waals surface area contributed by atoms with Gasteiger partial charge in [-0.3, -0.25) is 9.79 Å². The molecule has 3 atom stereocenters. The maximum Gasteiger partial charge on any atom is 0.416 e. The number of benzene rings is 1. The second-order valence-electron chi connectivity index (χ2n) is 8.27. The van der Waals surface area contributed by atoms with Crippen LogP contribution in [0.3, 0.4) is 0 Å². The molecule has 1 aliphatic carbocycles. The number of hydrogen-bond donors (Lipinski definition) is 2. The highest BCUT2D eigenvalue weighted by atomic mass is 19.4. The maximum atomic E-state index is 13.7. The topological polar surface area (TPSA) is 67.5 Å². The third-order valence-electron chi connectivity index (χ3n) is 5.52. The van der Waals surface area contributed by atoms with E-state index in [0.29, 0.717) is 13.0 Å². The van der Waals surface area contributed by atoms with Gasteiger partial charge in [0, 0.05) is 25.3 Å². The van der Waals surface area contributed by atoms with Crippen LogP contribution in [0.5, 0.6) is 0 Å². The lowest BCUT2D eigenvalue weighted by Gasteiger charge is -2.27. The van der Waals surface area contributed by atoms with Crippen molar-refractivity contribution in [1.82, 2.24) is 5.32 Å². The Hall–Kier alpha value is -2.76. The van der Waals surface area contributed by atoms with Crippen LogP contribution in [0.4, 0.5) is 35.1 Å². The Bertz CT molecular complexity index is 1030. The molecule has 1 aliphatic heterocycles. The molecule has 0 aromatic heterocycles. The minimum Gasteiger partial charge on any atom is -0.365 e. The summed E-state index contributed by atoms with van der Waals surface area (Å²) in [5.74, 6) is -3.99. The van der Waals surface area contributed by atoms with Gasteiger partial charge in [0.1, 0.15) is 11.8 Å². The van der Waals surface area contributed by atoms with E-state index in [1.807, 2.05) is 0 Å². The molecule has 0 spiro atoms. The van der Waals surface area contributed by atoms with Crippen molar-refractivity contribution in [2.75, 3.05) is 0 Å². The summed E-state index contributed by atoms with van der Waals surface area (Å²) in [5.41, 5.74) is 3.14. The molecule has 4 nitrogen and oxygen atoms in total. The molecular weight excluding hydrogens is 474 g/mol. The number of amidine groups is 1. The molecule has 3 rings (SSSR count). The number of carbonyl (C=O) groups is 1. The average molecular weight is 495 g/mol. The molecule has 2 unspecified atom stereocenters. The van der Waals surface area contributed by atoms with Gasteiger partial charge < -0.3 is 11.1 Å². The molecule has 1 aromatic rings. The van der Waals surface area contributed by atoms with Crippen LogP contribution in [0.2, 0.25) is 0 Å². The van der Waals surface area contributed by atoms with Crippen LogP contribution in [-0.4, -0.2) is 41.8 Å². The molecule has 3 N–H and O–H groups in total. The number of fused-ring (bicyclic) bond motifs is 1. The van der Waals surface area contributed by atoms with Gasteiger partial charge in [-0.05, 0) is 24.1 Å². The number of halogens is 8. The summed E-state index contributed by atoms with van der Waals surface area (Å²) in [7, 11) is 0. The van der Waals surface area contributed by atoms with Gasteiger partial charge >= 0.3 is 12.4 Å². The molecule has 0 fully saturated rings. The van der Waals surface area contributed by atoms with Crippen molar-refractivity contribution in [2.24, 2.45) is 10.7 Å². The van der Waals surface area contributed by atoms with E-state index >= 15 is 0 Å². The normalized spacial score (nSPS) is 21.8. The van der Waals surface area contributed by atoms with Gasteiger partial charge in [0.05, 0.1) is 29.1 Å². The average Bonchev–Trinajstić information content (AvgIpc) is 3.12. The lowest BCUT2D eigenvalue weighted by molar-refractivity contribution is -0.137. The number of ketones is 1. The molecule has 1 aromatic carbocycles. The van der Waals surface area contributed by atoms with Crippen LogP contribution in [-0.2, 0) is 17.4 Å². The van der Waals surface area contributed by atoms with E-state index < -0.39 is 58.9 Å². The van der Waals surface area contributed by atoms with Crippen LogP contribution in [0.25, 0.3) is 0 Å². The smallest absolute Gasteiger partial charge is 0.365 e. The van der Waals surface area contributed by atoms with Crippen LogP contribution in [0.1, 0.15) is 30.9 Å². The van der Waals surface area contributed by atoms with Crippen molar-refractivity contribution in [2.45, 2.75) is 62.6 Å². The third kappa shape index (κ3) is 6.02.